The molecule has 1 N–H and O–H groups in total. The molecule has 1 spiro atoms. The van der Waals surface area contributed by atoms with Gasteiger partial charge < -0.3 is 10.1 Å². The van der Waals surface area contributed by atoms with Gasteiger partial charge in [-0.1, -0.05) is 36.6 Å². The van der Waals surface area contributed by atoms with E-state index in [-0.39, 0.29) is 18.4 Å². The van der Waals surface area contributed by atoms with Crippen LogP contribution in [0.2, 0.25) is 5.02 Å². The molecule has 0 bridgehead atoms. The second-order valence-corrected chi connectivity index (χ2v) is 7.84. The second kappa shape index (κ2) is 7.84. The molecular weight excluding hydrogens is 376 g/mol. The Morgan fingerprint density at radius 1 is 1.04 bits per heavy atom. The second-order valence-electron chi connectivity index (χ2n) is 7.40. The van der Waals surface area contributed by atoms with Crippen LogP contribution < -0.4 is 10.1 Å². The molecular formula is C22H23ClN2O3. The molecule has 4 rings (SSSR count). The molecule has 2 aromatic carbocycles. The van der Waals surface area contributed by atoms with Crippen molar-refractivity contribution in [1.82, 2.24) is 4.90 Å². The summed E-state index contributed by atoms with van der Waals surface area (Å²) in [6, 6.07) is 14.2. The topological polar surface area (TPSA) is 58.6 Å². The van der Waals surface area contributed by atoms with Crippen LogP contribution in [0.25, 0.3) is 0 Å². The molecule has 0 radical (unpaired) electrons. The summed E-state index contributed by atoms with van der Waals surface area (Å²) in [6.45, 7) is -0.0458. The third-order valence-corrected chi connectivity index (χ3v) is 5.72. The van der Waals surface area contributed by atoms with Crippen molar-refractivity contribution >= 4 is 29.1 Å². The van der Waals surface area contributed by atoms with E-state index in [2.05, 4.69) is 5.32 Å². The minimum Gasteiger partial charge on any atom is -0.467 e. The summed E-state index contributed by atoms with van der Waals surface area (Å²) in [5, 5.41) is 3.45. The highest BCUT2D eigenvalue weighted by atomic mass is 35.5. The van der Waals surface area contributed by atoms with Gasteiger partial charge in [0.2, 0.25) is 5.91 Å². The Morgan fingerprint density at radius 3 is 2.43 bits per heavy atom. The predicted octanol–water partition coefficient (Wildman–Crippen LogP) is 4.86. The van der Waals surface area contributed by atoms with Gasteiger partial charge in [0.05, 0.1) is 5.56 Å². The Kier molecular flexibility index (Phi) is 5.27. The number of hydrogen-bond donors (Lipinski definition) is 1. The number of fused-ring (bicyclic) bond motifs is 1. The number of nitrogens with zero attached hydrogens (tertiary/aromatic N) is 1. The fourth-order valence-corrected chi connectivity index (χ4v) is 4.19. The first-order chi connectivity index (χ1) is 13.6. The predicted molar refractivity (Wildman–Crippen MR) is 109 cm³/mol. The molecule has 28 heavy (non-hydrogen) atoms. The summed E-state index contributed by atoms with van der Waals surface area (Å²) in [5.41, 5.74) is 0.408. The van der Waals surface area contributed by atoms with Gasteiger partial charge in [-0.15, -0.1) is 0 Å². The van der Waals surface area contributed by atoms with Gasteiger partial charge in [-0.25, -0.2) is 0 Å². The van der Waals surface area contributed by atoms with Crippen LogP contribution in [-0.4, -0.2) is 29.0 Å². The summed E-state index contributed by atoms with van der Waals surface area (Å²) in [7, 11) is 0. The van der Waals surface area contributed by atoms with E-state index in [1.54, 1.807) is 35.2 Å². The van der Waals surface area contributed by atoms with E-state index in [1.165, 1.54) is 0 Å². The molecule has 0 atom stereocenters. The van der Waals surface area contributed by atoms with Crippen LogP contribution in [0.15, 0.2) is 48.5 Å². The highest BCUT2D eigenvalue weighted by Crippen LogP contribution is 2.41. The quantitative estimate of drug-likeness (QED) is 0.802. The molecule has 0 saturated heterocycles. The SMILES string of the molecule is O=C(CN1C(=O)c2ccccc2OC12CCCCCC2)Nc1ccc(Cl)cc1. The van der Waals surface area contributed by atoms with Crippen molar-refractivity contribution in [1.29, 1.82) is 0 Å². The summed E-state index contributed by atoms with van der Waals surface area (Å²) < 4.78 is 6.40. The van der Waals surface area contributed by atoms with Crippen LogP contribution in [0.5, 0.6) is 5.75 Å². The summed E-state index contributed by atoms with van der Waals surface area (Å²) in [6.07, 6.45) is 5.66. The summed E-state index contributed by atoms with van der Waals surface area (Å²) >= 11 is 5.90. The van der Waals surface area contributed by atoms with Crippen molar-refractivity contribution in [2.75, 3.05) is 11.9 Å². The van der Waals surface area contributed by atoms with Gasteiger partial charge in [0, 0.05) is 23.6 Å². The molecule has 146 valence electrons. The molecule has 1 aliphatic carbocycles. The molecule has 1 heterocycles. The fourth-order valence-electron chi connectivity index (χ4n) is 4.07. The third kappa shape index (κ3) is 3.72. The first kappa shape index (κ1) is 18.8. The lowest BCUT2D eigenvalue weighted by Crippen LogP contribution is -2.60. The van der Waals surface area contributed by atoms with Crippen LogP contribution in [0, 0.1) is 0 Å². The van der Waals surface area contributed by atoms with E-state index in [0.29, 0.717) is 22.0 Å². The standard InChI is InChI=1S/C22H23ClN2O3/c23-16-9-11-17(12-10-16)24-20(26)15-25-21(27)18-7-3-4-8-19(18)28-22(25)13-5-1-2-6-14-22/h3-4,7-12H,1-2,5-6,13-15H2,(H,24,26). The first-order valence-corrected chi connectivity index (χ1v) is 10.1. The zero-order valence-corrected chi connectivity index (χ0v) is 16.4. The Labute approximate surface area is 169 Å². The van der Waals surface area contributed by atoms with Crippen molar-refractivity contribution in [3.05, 3.63) is 59.1 Å². The third-order valence-electron chi connectivity index (χ3n) is 5.47. The number of carbonyl (C=O) groups excluding carboxylic acids is 2. The molecule has 5 nitrogen and oxygen atoms in total. The number of hydrogen-bond acceptors (Lipinski definition) is 3. The van der Waals surface area contributed by atoms with Crippen LogP contribution >= 0.6 is 11.6 Å². The maximum Gasteiger partial charge on any atom is 0.261 e. The smallest absolute Gasteiger partial charge is 0.261 e. The lowest BCUT2D eigenvalue weighted by molar-refractivity contribution is -0.126. The molecule has 6 heteroatoms. The van der Waals surface area contributed by atoms with Gasteiger partial charge in [-0.2, -0.15) is 0 Å². The number of benzene rings is 2. The molecule has 0 aromatic heterocycles. The summed E-state index contributed by atoms with van der Waals surface area (Å²) in [4.78, 5) is 27.7. The first-order valence-electron chi connectivity index (χ1n) is 9.73. The van der Waals surface area contributed by atoms with Crippen LogP contribution in [0.3, 0.4) is 0 Å². The Hall–Kier alpha value is -2.53. The maximum atomic E-state index is 13.3. The zero-order chi connectivity index (χ0) is 19.6. The van der Waals surface area contributed by atoms with E-state index < -0.39 is 5.72 Å². The molecule has 0 unspecified atom stereocenters. The van der Waals surface area contributed by atoms with Crippen molar-refractivity contribution in [3.63, 3.8) is 0 Å². The van der Waals surface area contributed by atoms with Crippen LogP contribution in [0.1, 0.15) is 48.9 Å². The van der Waals surface area contributed by atoms with Crippen molar-refractivity contribution < 1.29 is 14.3 Å². The Morgan fingerprint density at radius 2 is 1.71 bits per heavy atom. The molecule has 2 aliphatic rings. The Bertz CT molecular complexity index is 874. The van der Waals surface area contributed by atoms with E-state index in [1.807, 2.05) is 18.2 Å². The highest BCUT2D eigenvalue weighted by Gasteiger charge is 2.47. The summed E-state index contributed by atoms with van der Waals surface area (Å²) in [5.74, 6) is 0.223. The number of amides is 2. The number of ether oxygens (including phenoxy) is 1. The van der Waals surface area contributed by atoms with Gasteiger partial charge in [-0.3, -0.25) is 14.5 Å². The van der Waals surface area contributed by atoms with Gasteiger partial charge >= 0.3 is 0 Å². The zero-order valence-electron chi connectivity index (χ0n) is 15.6. The minimum absolute atomic E-state index is 0.0458. The molecule has 2 amide bonds. The van der Waals surface area contributed by atoms with E-state index in [9.17, 15) is 9.59 Å². The maximum absolute atomic E-state index is 13.3. The van der Waals surface area contributed by atoms with Gasteiger partial charge in [0.25, 0.3) is 5.91 Å². The highest BCUT2D eigenvalue weighted by molar-refractivity contribution is 6.30. The van der Waals surface area contributed by atoms with Gasteiger partial charge in [-0.05, 0) is 49.2 Å². The van der Waals surface area contributed by atoms with Gasteiger partial charge in [0.15, 0.2) is 5.72 Å². The van der Waals surface area contributed by atoms with Crippen molar-refractivity contribution in [3.8, 4) is 5.75 Å². The van der Waals surface area contributed by atoms with Crippen molar-refractivity contribution in [2.24, 2.45) is 0 Å². The van der Waals surface area contributed by atoms with Crippen molar-refractivity contribution in [2.45, 2.75) is 44.2 Å². The van der Waals surface area contributed by atoms with Gasteiger partial charge in [0.1, 0.15) is 12.3 Å². The minimum atomic E-state index is -0.751. The Balaban J connectivity index is 1.60. The van der Waals surface area contributed by atoms with E-state index >= 15 is 0 Å². The van der Waals surface area contributed by atoms with E-state index in [0.717, 1.165) is 38.5 Å². The number of rotatable bonds is 3. The number of halogens is 1. The number of anilines is 1. The lowest BCUT2D eigenvalue weighted by Gasteiger charge is -2.46. The van der Waals surface area contributed by atoms with Crippen LogP contribution in [0.4, 0.5) is 5.69 Å². The molecule has 1 aliphatic heterocycles. The fraction of sp³-hybridized carbons (Fsp3) is 0.364. The lowest BCUT2D eigenvalue weighted by atomic mass is 9.97. The average molecular weight is 399 g/mol. The average Bonchev–Trinajstić information content (AvgIpc) is 2.93. The monoisotopic (exact) mass is 398 g/mol. The van der Waals surface area contributed by atoms with E-state index in [4.69, 9.17) is 16.3 Å². The molecule has 1 fully saturated rings. The number of carbonyl (C=O) groups is 2. The molecule has 1 saturated carbocycles. The largest absolute Gasteiger partial charge is 0.467 e. The van der Waals surface area contributed by atoms with Crippen LogP contribution in [-0.2, 0) is 4.79 Å². The number of nitrogens with one attached hydrogen (secondary N) is 1. The normalized spacial score (nSPS) is 18.2. The molecule has 2 aromatic rings. The number of para-hydroxylation sites is 1.